The number of carbonyl (C=O) groups excluding carboxylic acids is 1. The van der Waals surface area contributed by atoms with E-state index in [1.165, 1.54) is 12.1 Å². The van der Waals surface area contributed by atoms with E-state index in [1.807, 2.05) is 60.7 Å². The molecule has 0 aliphatic rings. The first-order valence-corrected chi connectivity index (χ1v) is 12.3. The van der Waals surface area contributed by atoms with Gasteiger partial charge in [-0.15, -0.1) is 0 Å². The third-order valence-electron chi connectivity index (χ3n) is 4.63. The molecule has 3 rings (SSSR count). The molecule has 3 aromatic rings. The maximum atomic E-state index is 13.1. The number of hydrogen-bond donors (Lipinski definition) is 3. The number of anilines is 1. The van der Waals surface area contributed by atoms with Crippen LogP contribution in [0.1, 0.15) is 37.8 Å². The van der Waals surface area contributed by atoms with Crippen LogP contribution in [0.25, 0.3) is 0 Å². The fourth-order valence-corrected chi connectivity index (χ4v) is 4.95. The SMILES string of the molecule is CC(C)(C)NS(=O)(=O)c1ccc(NC(=S)NC(=O)C(c2ccccc2)c2ccccc2)cc1. The summed E-state index contributed by atoms with van der Waals surface area (Å²) in [6, 6.07) is 25.1. The Kier molecular flexibility index (Phi) is 7.63. The Balaban J connectivity index is 1.71. The van der Waals surface area contributed by atoms with Crippen molar-refractivity contribution in [3.05, 3.63) is 96.1 Å². The van der Waals surface area contributed by atoms with Crippen LogP contribution in [0.2, 0.25) is 0 Å². The number of sulfonamides is 1. The topological polar surface area (TPSA) is 87.3 Å². The Morgan fingerprint density at radius 3 is 1.76 bits per heavy atom. The maximum absolute atomic E-state index is 13.1. The third-order valence-corrected chi connectivity index (χ3v) is 6.61. The molecule has 0 spiro atoms. The summed E-state index contributed by atoms with van der Waals surface area (Å²) in [6.07, 6.45) is 0. The molecule has 0 saturated heterocycles. The fraction of sp³-hybridized carbons (Fsp3) is 0.200. The molecule has 3 aromatic carbocycles. The second kappa shape index (κ2) is 10.2. The zero-order valence-corrected chi connectivity index (χ0v) is 20.3. The van der Waals surface area contributed by atoms with Gasteiger partial charge in [-0.3, -0.25) is 4.79 Å². The van der Waals surface area contributed by atoms with Crippen LogP contribution in [-0.4, -0.2) is 25.0 Å². The number of rotatable bonds is 6. The monoisotopic (exact) mass is 481 g/mol. The minimum absolute atomic E-state index is 0.125. The summed E-state index contributed by atoms with van der Waals surface area (Å²) >= 11 is 5.34. The van der Waals surface area contributed by atoms with Crippen molar-refractivity contribution < 1.29 is 13.2 Å². The lowest BCUT2D eigenvalue weighted by molar-refractivity contribution is -0.120. The van der Waals surface area contributed by atoms with E-state index in [-0.39, 0.29) is 15.9 Å². The van der Waals surface area contributed by atoms with E-state index in [0.29, 0.717) is 5.69 Å². The average molecular weight is 482 g/mol. The number of carbonyl (C=O) groups is 1. The van der Waals surface area contributed by atoms with Gasteiger partial charge in [0.2, 0.25) is 15.9 Å². The van der Waals surface area contributed by atoms with Crippen LogP contribution in [0, 0.1) is 0 Å². The average Bonchev–Trinajstić information content (AvgIpc) is 2.74. The van der Waals surface area contributed by atoms with Gasteiger partial charge in [-0.05, 0) is 68.4 Å². The van der Waals surface area contributed by atoms with Crippen molar-refractivity contribution in [1.82, 2.24) is 10.0 Å². The van der Waals surface area contributed by atoms with Gasteiger partial charge in [0, 0.05) is 11.2 Å². The maximum Gasteiger partial charge on any atom is 0.241 e. The van der Waals surface area contributed by atoms with E-state index >= 15 is 0 Å². The molecule has 8 heteroatoms. The molecule has 0 saturated carbocycles. The number of benzene rings is 3. The van der Waals surface area contributed by atoms with Gasteiger partial charge in [0.1, 0.15) is 0 Å². The van der Waals surface area contributed by atoms with E-state index in [0.717, 1.165) is 11.1 Å². The van der Waals surface area contributed by atoms with E-state index in [1.54, 1.807) is 32.9 Å². The highest BCUT2D eigenvalue weighted by Crippen LogP contribution is 2.25. The zero-order chi connectivity index (χ0) is 24.1. The molecule has 0 radical (unpaired) electrons. The minimum atomic E-state index is -3.64. The molecular weight excluding hydrogens is 454 g/mol. The molecule has 1 amide bonds. The van der Waals surface area contributed by atoms with Crippen molar-refractivity contribution in [3.8, 4) is 0 Å². The quantitative estimate of drug-likeness (QED) is 0.454. The van der Waals surface area contributed by atoms with Crippen molar-refractivity contribution in [3.63, 3.8) is 0 Å². The van der Waals surface area contributed by atoms with Gasteiger partial charge in [-0.2, -0.15) is 0 Å². The molecule has 0 unspecified atom stereocenters. The Hall–Kier alpha value is -3.07. The molecule has 0 atom stereocenters. The number of hydrogen-bond acceptors (Lipinski definition) is 4. The molecular formula is C25H27N3O3S2. The number of nitrogens with one attached hydrogen (secondary N) is 3. The van der Waals surface area contributed by atoms with Crippen LogP contribution < -0.4 is 15.4 Å². The lowest BCUT2D eigenvalue weighted by Crippen LogP contribution is -2.40. The van der Waals surface area contributed by atoms with Crippen LogP contribution in [0.4, 0.5) is 5.69 Å². The predicted octanol–water partition coefficient (Wildman–Crippen LogP) is 4.41. The van der Waals surface area contributed by atoms with E-state index in [9.17, 15) is 13.2 Å². The standard InChI is InChI=1S/C25H27N3O3S2/c1-25(2,3)28-33(30,31)21-16-14-20(15-17-21)26-24(32)27-23(29)22(18-10-6-4-7-11-18)19-12-8-5-9-13-19/h4-17,22,28H,1-3H3,(H2,26,27,29,32). The van der Waals surface area contributed by atoms with E-state index < -0.39 is 21.5 Å². The number of thiocarbonyl (C=S) groups is 1. The highest BCUT2D eigenvalue weighted by Gasteiger charge is 2.24. The number of amides is 1. The van der Waals surface area contributed by atoms with Crippen LogP contribution in [0.3, 0.4) is 0 Å². The molecule has 6 nitrogen and oxygen atoms in total. The van der Waals surface area contributed by atoms with Crippen LogP contribution in [0.5, 0.6) is 0 Å². The smallest absolute Gasteiger partial charge is 0.241 e. The highest BCUT2D eigenvalue weighted by atomic mass is 32.2. The third kappa shape index (κ3) is 6.95. The molecule has 0 fully saturated rings. The van der Waals surface area contributed by atoms with Crippen molar-refractivity contribution in [1.29, 1.82) is 0 Å². The van der Waals surface area contributed by atoms with Gasteiger partial charge in [0.25, 0.3) is 0 Å². The summed E-state index contributed by atoms with van der Waals surface area (Å²) < 4.78 is 27.5. The van der Waals surface area contributed by atoms with Gasteiger partial charge in [0.15, 0.2) is 5.11 Å². The van der Waals surface area contributed by atoms with E-state index in [4.69, 9.17) is 12.2 Å². The first-order chi connectivity index (χ1) is 15.5. The molecule has 172 valence electrons. The molecule has 0 aliphatic heterocycles. The highest BCUT2D eigenvalue weighted by molar-refractivity contribution is 7.89. The normalized spacial score (nSPS) is 11.8. The Bertz CT molecular complexity index is 1170. The van der Waals surface area contributed by atoms with Crippen molar-refractivity contribution >= 4 is 38.9 Å². The van der Waals surface area contributed by atoms with Gasteiger partial charge in [0.05, 0.1) is 10.8 Å². The Morgan fingerprint density at radius 1 is 0.818 bits per heavy atom. The molecule has 0 aliphatic carbocycles. The summed E-state index contributed by atoms with van der Waals surface area (Å²) in [7, 11) is -3.64. The molecule has 3 N–H and O–H groups in total. The predicted molar refractivity (Wildman–Crippen MR) is 136 cm³/mol. The van der Waals surface area contributed by atoms with Crippen LogP contribution in [-0.2, 0) is 14.8 Å². The fourth-order valence-electron chi connectivity index (χ4n) is 3.31. The summed E-state index contributed by atoms with van der Waals surface area (Å²) in [6.45, 7) is 5.33. The van der Waals surface area contributed by atoms with Gasteiger partial charge < -0.3 is 10.6 Å². The molecule has 0 aromatic heterocycles. The van der Waals surface area contributed by atoms with E-state index in [2.05, 4.69) is 15.4 Å². The summed E-state index contributed by atoms with van der Waals surface area (Å²) in [5.74, 6) is -0.790. The lowest BCUT2D eigenvalue weighted by atomic mass is 9.90. The van der Waals surface area contributed by atoms with Crippen LogP contribution in [0.15, 0.2) is 89.8 Å². The van der Waals surface area contributed by atoms with Crippen molar-refractivity contribution in [2.24, 2.45) is 0 Å². The first kappa shape index (κ1) is 24.6. The summed E-state index contributed by atoms with van der Waals surface area (Å²) in [5, 5.41) is 5.82. The molecule has 33 heavy (non-hydrogen) atoms. The second-order valence-corrected chi connectivity index (χ2v) is 10.7. The summed E-state index contributed by atoms with van der Waals surface area (Å²) in [5.41, 5.74) is 1.68. The van der Waals surface area contributed by atoms with Gasteiger partial charge >= 0.3 is 0 Å². The molecule has 0 heterocycles. The largest absolute Gasteiger partial charge is 0.332 e. The lowest BCUT2D eigenvalue weighted by Gasteiger charge is -2.20. The summed E-state index contributed by atoms with van der Waals surface area (Å²) in [4.78, 5) is 13.3. The Labute approximate surface area is 200 Å². The van der Waals surface area contributed by atoms with Gasteiger partial charge in [-0.25, -0.2) is 13.1 Å². The molecule has 0 bridgehead atoms. The van der Waals surface area contributed by atoms with Crippen LogP contribution >= 0.6 is 12.2 Å². The minimum Gasteiger partial charge on any atom is -0.332 e. The Morgan fingerprint density at radius 2 is 1.30 bits per heavy atom. The van der Waals surface area contributed by atoms with Crippen molar-refractivity contribution in [2.75, 3.05) is 5.32 Å². The van der Waals surface area contributed by atoms with Crippen molar-refractivity contribution in [2.45, 2.75) is 37.1 Å². The first-order valence-electron chi connectivity index (χ1n) is 10.4. The second-order valence-electron chi connectivity index (χ2n) is 8.58. The van der Waals surface area contributed by atoms with Gasteiger partial charge in [-0.1, -0.05) is 60.7 Å². The zero-order valence-electron chi connectivity index (χ0n) is 18.7.